The van der Waals surface area contributed by atoms with Crippen LogP contribution in [0.4, 0.5) is 10.5 Å². The zero-order valence-corrected chi connectivity index (χ0v) is 11.6. The van der Waals surface area contributed by atoms with Gasteiger partial charge in [-0.25, -0.2) is 23.1 Å². The van der Waals surface area contributed by atoms with Gasteiger partial charge in [0.1, 0.15) is 6.04 Å². The van der Waals surface area contributed by atoms with E-state index in [-0.39, 0.29) is 17.0 Å². The number of carbonyl (C=O) groups is 2. The van der Waals surface area contributed by atoms with E-state index in [1.807, 2.05) is 0 Å². The van der Waals surface area contributed by atoms with Crippen molar-refractivity contribution in [2.45, 2.75) is 17.4 Å². The second kappa shape index (κ2) is 6.74. The number of aliphatic carboxylic acids is 1. The van der Waals surface area contributed by atoms with Crippen molar-refractivity contribution < 1.29 is 23.1 Å². The molecule has 0 fully saturated rings. The number of nitrogens with two attached hydrogens (primary N) is 1. The first-order valence-electron chi connectivity index (χ1n) is 5.60. The summed E-state index contributed by atoms with van der Waals surface area (Å²) in [6.07, 6.45) is 4.82. The first-order chi connectivity index (χ1) is 9.74. The second-order valence-corrected chi connectivity index (χ2v) is 5.53. The van der Waals surface area contributed by atoms with Gasteiger partial charge in [-0.1, -0.05) is 6.07 Å². The van der Waals surface area contributed by atoms with Gasteiger partial charge in [0.2, 0.25) is 10.0 Å². The minimum absolute atomic E-state index is 0.142. The Bertz CT molecular complexity index is 693. The van der Waals surface area contributed by atoms with E-state index in [1.165, 1.54) is 18.2 Å². The molecule has 1 atom stereocenters. The summed E-state index contributed by atoms with van der Waals surface area (Å²) in [6.45, 7) is 0. The van der Waals surface area contributed by atoms with E-state index in [9.17, 15) is 18.0 Å². The molecular formula is C12H13N3O5S. The molecule has 21 heavy (non-hydrogen) atoms. The lowest BCUT2D eigenvalue weighted by atomic mass is 10.2. The fraction of sp³-hybridized carbons (Fsp3) is 0.167. The van der Waals surface area contributed by atoms with Crippen LogP contribution < -0.4 is 15.8 Å². The van der Waals surface area contributed by atoms with E-state index in [1.54, 1.807) is 0 Å². The number of amides is 2. The quantitative estimate of drug-likeness (QED) is 0.564. The van der Waals surface area contributed by atoms with Crippen LogP contribution in [0, 0.1) is 12.3 Å². The Kier molecular flexibility index (Phi) is 5.29. The smallest absolute Gasteiger partial charge is 0.327 e. The fourth-order valence-electron chi connectivity index (χ4n) is 1.39. The Labute approximate surface area is 121 Å². The number of carbonyl (C=O) groups excluding carboxylic acids is 1. The summed E-state index contributed by atoms with van der Waals surface area (Å²) in [5.41, 5.74) is 0.142. The number of urea groups is 1. The SMILES string of the molecule is C#CCC(NC(=O)Nc1cccc(S(N)(=O)=O)c1)C(=O)O. The summed E-state index contributed by atoms with van der Waals surface area (Å²) in [6, 6.07) is 3.14. The molecule has 0 spiro atoms. The van der Waals surface area contributed by atoms with Gasteiger partial charge in [0, 0.05) is 12.1 Å². The molecule has 0 bridgehead atoms. The third-order valence-corrected chi connectivity index (χ3v) is 3.26. The highest BCUT2D eigenvalue weighted by Crippen LogP contribution is 2.13. The molecule has 1 rings (SSSR count). The molecule has 1 aromatic carbocycles. The topological polar surface area (TPSA) is 139 Å². The van der Waals surface area contributed by atoms with Gasteiger partial charge >= 0.3 is 12.0 Å². The number of sulfonamides is 1. The molecule has 9 heteroatoms. The van der Waals surface area contributed by atoms with Crippen molar-refractivity contribution in [1.29, 1.82) is 0 Å². The molecule has 5 N–H and O–H groups in total. The number of benzene rings is 1. The van der Waals surface area contributed by atoms with Crippen LogP contribution >= 0.6 is 0 Å². The van der Waals surface area contributed by atoms with Crippen LogP contribution in [-0.4, -0.2) is 31.6 Å². The van der Waals surface area contributed by atoms with E-state index in [4.69, 9.17) is 16.7 Å². The number of primary sulfonamides is 1. The van der Waals surface area contributed by atoms with Gasteiger partial charge in [-0.3, -0.25) is 0 Å². The molecule has 0 aliphatic heterocycles. The van der Waals surface area contributed by atoms with Crippen molar-refractivity contribution in [3.63, 3.8) is 0 Å². The molecule has 1 unspecified atom stereocenters. The van der Waals surface area contributed by atoms with Crippen molar-refractivity contribution in [3.05, 3.63) is 24.3 Å². The molecule has 2 amide bonds. The lowest BCUT2D eigenvalue weighted by Gasteiger charge is -2.13. The van der Waals surface area contributed by atoms with Crippen LogP contribution in [0.25, 0.3) is 0 Å². The number of hydrogen-bond acceptors (Lipinski definition) is 4. The first-order valence-corrected chi connectivity index (χ1v) is 7.15. The average molecular weight is 311 g/mol. The number of terminal acetylenes is 1. The van der Waals surface area contributed by atoms with Crippen LogP contribution in [-0.2, 0) is 14.8 Å². The number of anilines is 1. The predicted molar refractivity (Wildman–Crippen MR) is 74.8 cm³/mol. The van der Waals surface area contributed by atoms with Crippen molar-refractivity contribution in [3.8, 4) is 12.3 Å². The molecular weight excluding hydrogens is 298 g/mol. The van der Waals surface area contributed by atoms with Crippen LogP contribution in [0.1, 0.15) is 6.42 Å². The maximum absolute atomic E-state index is 11.6. The zero-order chi connectivity index (χ0) is 16.0. The largest absolute Gasteiger partial charge is 0.480 e. The number of rotatable bonds is 5. The van der Waals surface area contributed by atoms with Crippen LogP contribution in [0.3, 0.4) is 0 Å². The number of carboxylic acids is 1. The highest BCUT2D eigenvalue weighted by molar-refractivity contribution is 7.89. The third kappa shape index (κ3) is 5.13. The predicted octanol–water partition coefficient (Wildman–Crippen LogP) is -0.0680. The van der Waals surface area contributed by atoms with Crippen molar-refractivity contribution in [2.75, 3.05) is 5.32 Å². The Morgan fingerprint density at radius 3 is 2.62 bits per heavy atom. The lowest BCUT2D eigenvalue weighted by Crippen LogP contribution is -2.42. The van der Waals surface area contributed by atoms with E-state index in [0.29, 0.717) is 0 Å². The van der Waals surface area contributed by atoms with Gasteiger partial charge in [0.05, 0.1) is 4.90 Å². The summed E-state index contributed by atoms with van der Waals surface area (Å²) < 4.78 is 22.3. The minimum Gasteiger partial charge on any atom is -0.480 e. The molecule has 8 nitrogen and oxygen atoms in total. The van der Waals surface area contributed by atoms with Crippen molar-refractivity contribution >= 4 is 27.7 Å². The summed E-state index contributed by atoms with van der Waals surface area (Å²) in [7, 11) is -3.90. The van der Waals surface area contributed by atoms with E-state index < -0.39 is 28.1 Å². The molecule has 0 saturated heterocycles. The third-order valence-electron chi connectivity index (χ3n) is 2.35. The van der Waals surface area contributed by atoms with Crippen LogP contribution in [0.5, 0.6) is 0 Å². The van der Waals surface area contributed by atoms with Crippen molar-refractivity contribution in [1.82, 2.24) is 5.32 Å². The van der Waals surface area contributed by atoms with Gasteiger partial charge in [-0.05, 0) is 18.2 Å². The first kappa shape index (κ1) is 16.5. The minimum atomic E-state index is -3.90. The molecule has 0 aromatic heterocycles. The molecule has 0 radical (unpaired) electrons. The average Bonchev–Trinajstić information content (AvgIpc) is 2.37. The van der Waals surface area contributed by atoms with E-state index in [0.717, 1.165) is 6.07 Å². The normalized spacial score (nSPS) is 12.0. The molecule has 0 saturated carbocycles. The molecule has 0 heterocycles. The Morgan fingerprint density at radius 1 is 1.43 bits per heavy atom. The number of hydrogen-bond donors (Lipinski definition) is 4. The van der Waals surface area contributed by atoms with Gasteiger partial charge in [-0.2, -0.15) is 0 Å². The summed E-state index contributed by atoms with van der Waals surface area (Å²) in [5, 5.41) is 18.2. The van der Waals surface area contributed by atoms with Gasteiger partial charge < -0.3 is 15.7 Å². The Hall–Kier alpha value is -2.57. The van der Waals surface area contributed by atoms with Crippen molar-refractivity contribution in [2.24, 2.45) is 5.14 Å². The Morgan fingerprint density at radius 2 is 2.10 bits per heavy atom. The maximum atomic E-state index is 11.6. The molecule has 1 aromatic rings. The van der Waals surface area contributed by atoms with E-state index >= 15 is 0 Å². The Balaban J connectivity index is 2.80. The van der Waals surface area contributed by atoms with Crippen LogP contribution in [0.15, 0.2) is 29.2 Å². The molecule has 0 aliphatic rings. The zero-order valence-electron chi connectivity index (χ0n) is 10.7. The van der Waals surface area contributed by atoms with E-state index in [2.05, 4.69) is 16.6 Å². The monoisotopic (exact) mass is 311 g/mol. The maximum Gasteiger partial charge on any atom is 0.327 e. The van der Waals surface area contributed by atoms with Gasteiger partial charge in [0.25, 0.3) is 0 Å². The highest BCUT2D eigenvalue weighted by Gasteiger charge is 2.19. The highest BCUT2D eigenvalue weighted by atomic mass is 32.2. The molecule has 112 valence electrons. The molecule has 0 aliphatic carbocycles. The summed E-state index contributed by atoms with van der Waals surface area (Å²) in [4.78, 5) is 22.3. The second-order valence-electron chi connectivity index (χ2n) is 3.97. The number of nitrogens with one attached hydrogen (secondary N) is 2. The number of carboxylic acid groups (broad SMARTS) is 1. The lowest BCUT2D eigenvalue weighted by molar-refractivity contribution is -0.139. The summed E-state index contributed by atoms with van der Waals surface area (Å²) in [5.74, 6) is 0.852. The fourth-order valence-corrected chi connectivity index (χ4v) is 1.95. The van der Waals surface area contributed by atoms with Gasteiger partial charge in [0.15, 0.2) is 0 Å². The standard InChI is InChI=1S/C12H13N3O5S/c1-2-4-10(11(16)17)15-12(18)14-8-5-3-6-9(7-8)21(13,19)20/h1,3,5-7,10H,4H2,(H,16,17)(H2,13,19,20)(H2,14,15,18). The van der Waals surface area contributed by atoms with Gasteiger partial charge in [-0.15, -0.1) is 12.3 Å². The van der Waals surface area contributed by atoms with Crippen LogP contribution in [0.2, 0.25) is 0 Å². The summed E-state index contributed by atoms with van der Waals surface area (Å²) >= 11 is 0.